The largest absolute Gasteiger partial charge is 0.384 e. The van der Waals surface area contributed by atoms with Gasteiger partial charge in [0.1, 0.15) is 11.9 Å². The first-order valence-electron chi connectivity index (χ1n) is 22.0. The third kappa shape index (κ3) is 9.38. The van der Waals surface area contributed by atoms with E-state index in [0.29, 0.717) is 42.9 Å². The Morgan fingerprint density at radius 1 is 0.892 bits per heavy atom. The van der Waals surface area contributed by atoms with E-state index in [1.54, 1.807) is 24.4 Å². The van der Waals surface area contributed by atoms with E-state index in [1.165, 1.54) is 0 Å². The summed E-state index contributed by atoms with van der Waals surface area (Å²) in [6, 6.07) is 13.7. The molecule has 3 aliphatic rings. The summed E-state index contributed by atoms with van der Waals surface area (Å²) >= 11 is 0. The number of fused-ring (bicyclic) bond motifs is 2. The lowest BCUT2D eigenvalue weighted by Crippen LogP contribution is -2.54. The molecular weight excluding hydrogens is 831 g/mol. The Kier molecular flexibility index (Phi) is 12.9. The number of pyridine rings is 2. The van der Waals surface area contributed by atoms with E-state index in [1.807, 2.05) is 68.9 Å². The molecule has 8 rings (SSSR count). The maximum Gasteiger partial charge on any atom is 0.264 e. The number of benzene rings is 2. The van der Waals surface area contributed by atoms with Gasteiger partial charge in [-0.1, -0.05) is 6.07 Å². The number of nitrogens with zero attached hydrogens (tertiary/aromatic N) is 6. The SMILES string of the molecule is Cc1cc(C)c(CNC(=O)c2cc(-c3ccc(N4CCN(CCNC(=O)CCCNc5cccc6c5C(=O)N(C5CCC(=O)NC5=O)C6=O)CC4)nc3)cc3c2cnn3C(C)C)c(=O)[nH]1. The Balaban J connectivity index is 0.797. The molecule has 1 unspecified atom stereocenters. The monoisotopic (exact) mass is 883 g/mol. The van der Waals surface area contributed by atoms with Crippen molar-refractivity contribution in [2.75, 3.05) is 56.0 Å². The number of hydrogen-bond acceptors (Lipinski definition) is 12. The highest BCUT2D eigenvalue weighted by Crippen LogP contribution is 2.33. The summed E-state index contributed by atoms with van der Waals surface area (Å²) in [5.41, 5.74) is 5.68. The molecule has 0 radical (unpaired) electrons. The van der Waals surface area contributed by atoms with E-state index in [9.17, 15) is 33.6 Å². The van der Waals surface area contributed by atoms with Gasteiger partial charge in [0.15, 0.2) is 0 Å². The average molecular weight is 884 g/mol. The Morgan fingerprint density at radius 3 is 2.42 bits per heavy atom. The molecule has 65 heavy (non-hydrogen) atoms. The number of piperazine rings is 1. The normalized spacial score (nSPS) is 16.6. The van der Waals surface area contributed by atoms with E-state index in [2.05, 4.69) is 41.1 Å². The lowest BCUT2D eigenvalue weighted by Gasteiger charge is -2.35. The molecule has 1 atom stereocenters. The second-order valence-electron chi connectivity index (χ2n) is 17.1. The fraction of sp³-hybridized carbons (Fsp3) is 0.383. The van der Waals surface area contributed by atoms with Gasteiger partial charge >= 0.3 is 0 Å². The zero-order valence-corrected chi connectivity index (χ0v) is 37.0. The number of H-pyrrole nitrogens is 1. The fourth-order valence-electron chi connectivity index (χ4n) is 8.80. The third-order valence-corrected chi connectivity index (χ3v) is 12.3. The van der Waals surface area contributed by atoms with E-state index in [-0.39, 0.29) is 60.3 Å². The molecule has 338 valence electrons. The van der Waals surface area contributed by atoms with E-state index >= 15 is 0 Å². The van der Waals surface area contributed by atoms with Crippen molar-refractivity contribution >= 4 is 57.9 Å². The molecule has 2 aromatic carbocycles. The van der Waals surface area contributed by atoms with Gasteiger partial charge in [0, 0.05) is 105 Å². The Morgan fingerprint density at radius 2 is 1.69 bits per heavy atom. The van der Waals surface area contributed by atoms with Gasteiger partial charge in [0.05, 0.1) is 28.4 Å². The summed E-state index contributed by atoms with van der Waals surface area (Å²) in [5.74, 6) is -1.78. The van der Waals surface area contributed by atoms with Gasteiger partial charge in [-0.2, -0.15) is 5.10 Å². The molecule has 6 heterocycles. The predicted molar refractivity (Wildman–Crippen MR) is 244 cm³/mol. The van der Waals surface area contributed by atoms with E-state index < -0.39 is 29.7 Å². The molecule has 2 fully saturated rings. The Labute approximate surface area is 375 Å². The summed E-state index contributed by atoms with van der Waals surface area (Å²) in [7, 11) is 0. The number of piperidine rings is 1. The number of imide groups is 2. The van der Waals surface area contributed by atoms with Gasteiger partial charge in [0.25, 0.3) is 23.3 Å². The molecule has 3 aromatic heterocycles. The molecule has 3 aliphatic heterocycles. The number of hydrogen-bond donors (Lipinski definition) is 5. The maximum atomic E-state index is 13.7. The summed E-state index contributed by atoms with van der Waals surface area (Å²) in [6.45, 7) is 12.6. The van der Waals surface area contributed by atoms with Crippen LogP contribution in [0, 0.1) is 13.8 Å². The number of carbonyl (C=O) groups excluding carboxylic acids is 6. The molecule has 2 saturated heterocycles. The summed E-state index contributed by atoms with van der Waals surface area (Å²) in [4.78, 5) is 103. The quantitative estimate of drug-likeness (QED) is 0.0754. The highest BCUT2D eigenvalue weighted by atomic mass is 16.2. The molecule has 6 amide bonds. The van der Waals surface area contributed by atoms with Crippen LogP contribution in [0.15, 0.2) is 65.7 Å². The minimum atomic E-state index is -1.04. The van der Waals surface area contributed by atoms with Gasteiger partial charge in [0.2, 0.25) is 17.7 Å². The zero-order chi connectivity index (χ0) is 45.9. The third-order valence-electron chi connectivity index (χ3n) is 12.3. The first-order valence-corrected chi connectivity index (χ1v) is 22.0. The van der Waals surface area contributed by atoms with Crippen molar-refractivity contribution in [3.63, 3.8) is 0 Å². The smallest absolute Gasteiger partial charge is 0.264 e. The highest BCUT2D eigenvalue weighted by molar-refractivity contribution is 6.25. The first kappa shape index (κ1) is 44.4. The van der Waals surface area contributed by atoms with Gasteiger partial charge in [-0.3, -0.25) is 53.4 Å². The van der Waals surface area contributed by atoms with Crippen molar-refractivity contribution in [1.82, 2.24) is 45.5 Å². The van der Waals surface area contributed by atoms with E-state index in [0.717, 1.165) is 70.2 Å². The Hall–Kier alpha value is -7.21. The van der Waals surface area contributed by atoms with Gasteiger partial charge < -0.3 is 25.8 Å². The van der Waals surface area contributed by atoms with Crippen LogP contribution in [-0.2, 0) is 20.9 Å². The fourth-order valence-corrected chi connectivity index (χ4v) is 8.80. The van der Waals surface area contributed by atoms with Crippen LogP contribution in [0.1, 0.15) is 93.5 Å². The Bertz CT molecular complexity index is 2750. The summed E-state index contributed by atoms with van der Waals surface area (Å²) in [5, 5.41) is 16.7. The van der Waals surface area contributed by atoms with Crippen LogP contribution in [0.4, 0.5) is 11.5 Å². The average Bonchev–Trinajstić information content (AvgIpc) is 3.83. The first-order chi connectivity index (χ1) is 31.3. The minimum Gasteiger partial charge on any atom is -0.384 e. The van der Waals surface area contributed by atoms with Crippen molar-refractivity contribution in [3.8, 4) is 11.1 Å². The van der Waals surface area contributed by atoms with Gasteiger partial charge in [-0.25, -0.2) is 4.98 Å². The predicted octanol–water partition coefficient (Wildman–Crippen LogP) is 3.45. The van der Waals surface area contributed by atoms with E-state index in [4.69, 9.17) is 4.98 Å². The van der Waals surface area contributed by atoms with Crippen molar-refractivity contribution < 1.29 is 28.8 Å². The van der Waals surface area contributed by atoms with Crippen LogP contribution >= 0.6 is 0 Å². The number of carbonyl (C=O) groups is 6. The number of anilines is 2. The van der Waals surface area contributed by atoms with Crippen LogP contribution in [0.5, 0.6) is 0 Å². The summed E-state index contributed by atoms with van der Waals surface area (Å²) < 4.78 is 1.89. The second kappa shape index (κ2) is 18.9. The molecule has 0 bridgehead atoms. The zero-order valence-electron chi connectivity index (χ0n) is 37.0. The highest BCUT2D eigenvalue weighted by Gasteiger charge is 2.45. The second-order valence-corrected chi connectivity index (χ2v) is 17.1. The standard InChI is InChI=1S/C47H53N11O7/c1-27(2)58-38-23-31(22-33(35(38)26-52-58)43(61)51-25-34-28(3)21-29(4)53-44(34)62)30-10-12-39(50-24-30)56-19-17-55(18-20-56)16-15-49-40(59)9-6-14-48-36-8-5-7-32-42(36)47(65)57(46(32)64)37-11-13-41(60)54-45(37)63/h5,7-8,10,12,21-24,26-27,37,48H,6,9,11,13-20,25H2,1-4H3,(H,49,59)(H,51,61)(H,53,62)(H,54,60,63). The molecule has 0 spiro atoms. The van der Waals surface area contributed by atoms with Gasteiger partial charge in [-0.05, 0) is 94.1 Å². The van der Waals surface area contributed by atoms with Gasteiger partial charge in [-0.15, -0.1) is 0 Å². The number of aromatic nitrogens is 4. The molecule has 0 aliphatic carbocycles. The lowest BCUT2D eigenvalue weighted by molar-refractivity contribution is -0.136. The molecule has 0 saturated carbocycles. The molecule has 5 aromatic rings. The number of amides is 6. The minimum absolute atomic E-state index is 0.0459. The van der Waals surface area contributed by atoms with Crippen LogP contribution in [0.3, 0.4) is 0 Å². The molecule has 18 nitrogen and oxygen atoms in total. The lowest BCUT2D eigenvalue weighted by atomic mass is 10.0. The molecule has 5 N–H and O–H groups in total. The number of aryl methyl sites for hydroxylation is 2. The molecule has 18 heteroatoms. The number of aromatic amines is 1. The van der Waals surface area contributed by atoms with Crippen LogP contribution < -0.4 is 31.7 Å². The van der Waals surface area contributed by atoms with Crippen molar-refractivity contribution in [3.05, 3.63) is 105 Å². The van der Waals surface area contributed by atoms with Crippen LogP contribution in [0.2, 0.25) is 0 Å². The molecular formula is C47H53N11O7. The maximum absolute atomic E-state index is 13.7. The van der Waals surface area contributed by atoms with Crippen molar-refractivity contribution in [2.24, 2.45) is 0 Å². The summed E-state index contributed by atoms with van der Waals surface area (Å²) in [6.07, 6.45) is 4.43. The van der Waals surface area contributed by atoms with Crippen LogP contribution in [-0.4, -0.2) is 117 Å². The number of rotatable bonds is 15. The topological polar surface area (TPSA) is 224 Å². The van der Waals surface area contributed by atoms with Crippen molar-refractivity contribution in [1.29, 1.82) is 0 Å². The van der Waals surface area contributed by atoms with Crippen LogP contribution in [0.25, 0.3) is 22.0 Å². The number of nitrogens with one attached hydrogen (secondary N) is 5. The van der Waals surface area contributed by atoms with Crippen molar-refractivity contribution in [2.45, 2.75) is 72.0 Å².